The van der Waals surface area contributed by atoms with Crippen LogP contribution in [0.5, 0.6) is 0 Å². The molecule has 0 saturated heterocycles. The van der Waals surface area contributed by atoms with E-state index in [1.807, 2.05) is 0 Å². The van der Waals surface area contributed by atoms with E-state index in [9.17, 15) is 18.3 Å². The van der Waals surface area contributed by atoms with Gasteiger partial charge in [0.25, 0.3) is 10.0 Å². The van der Waals surface area contributed by atoms with E-state index in [-0.39, 0.29) is 16.5 Å². The summed E-state index contributed by atoms with van der Waals surface area (Å²) in [5, 5.41) is 11.8. The molecular formula is C22H27NO4S2. The Bertz CT molecular complexity index is 1060. The van der Waals surface area contributed by atoms with E-state index in [1.165, 1.54) is 17.2 Å². The largest absolute Gasteiger partial charge is 0.385 e. The lowest BCUT2D eigenvalue weighted by Gasteiger charge is -2.19. The van der Waals surface area contributed by atoms with Crippen molar-refractivity contribution in [3.63, 3.8) is 0 Å². The van der Waals surface area contributed by atoms with Crippen molar-refractivity contribution in [1.29, 1.82) is 0 Å². The Balaban J connectivity index is 1.57. The number of fused-ring (bicyclic) bond motifs is 1. The first-order chi connectivity index (χ1) is 13.6. The Morgan fingerprint density at radius 2 is 2.07 bits per heavy atom. The molecule has 4 rings (SSSR count). The predicted octanol–water partition coefficient (Wildman–Crippen LogP) is 3.95. The van der Waals surface area contributed by atoms with Crippen LogP contribution in [0, 0.1) is 0 Å². The summed E-state index contributed by atoms with van der Waals surface area (Å²) in [6.07, 6.45) is 3.41. The number of hydrogen-bond acceptors (Lipinski definition) is 5. The normalized spacial score (nSPS) is 20.0. The molecule has 1 unspecified atom stereocenters. The van der Waals surface area contributed by atoms with Crippen LogP contribution in [-0.4, -0.2) is 19.4 Å². The zero-order valence-corrected chi connectivity index (χ0v) is 18.6. The number of carbonyl (C=O) groups is 1. The van der Waals surface area contributed by atoms with Gasteiger partial charge in [0.1, 0.15) is 4.21 Å². The molecule has 0 bridgehead atoms. The van der Waals surface area contributed by atoms with Crippen LogP contribution in [0.15, 0.2) is 27.8 Å². The number of nitrogens with one attached hydrogen (secondary N) is 1. The van der Waals surface area contributed by atoms with Crippen molar-refractivity contribution in [1.82, 2.24) is 4.72 Å². The maximum atomic E-state index is 12.8. The molecule has 1 atom stereocenters. The minimum atomic E-state index is -3.94. The van der Waals surface area contributed by atoms with Crippen LogP contribution in [-0.2, 0) is 33.3 Å². The Hall–Kier alpha value is -1.70. The topological polar surface area (TPSA) is 83.5 Å². The number of carbonyl (C=O) groups excluding carboxylic acids is 1. The van der Waals surface area contributed by atoms with Crippen LogP contribution in [0.4, 0.5) is 0 Å². The van der Waals surface area contributed by atoms with Crippen molar-refractivity contribution >= 4 is 27.3 Å². The van der Waals surface area contributed by atoms with Crippen molar-refractivity contribution in [2.45, 2.75) is 74.5 Å². The molecule has 156 valence electrons. The van der Waals surface area contributed by atoms with Gasteiger partial charge in [0.15, 0.2) is 0 Å². The average Bonchev–Trinajstić information content (AvgIpc) is 3.07. The molecule has 1 saturated carbocycles. The van der Waals surface area contributed by atoms with Crippen molar-refractivity contribution < 1.29 is 18.3 Å². The zero-order valence-electron chi connectivity index (χ0n) is 17.0. The number of sulfonamides is 1. The summed E-state index contributed by atoms with van der Waals surface area (Å²) in [5.74, 6) is 0.119. The van der Waals surface area contributed by atoms with Gasteiger partial charge in [-0.15, -0.1) is 11.3 Å². The molecule has 5 nitrogen and oxygen atoms in total. The highest BCUT2D eigenvalue weighted by Crippen LogP contribution is 2.47. The molecule has 0 aliphatic heterocycles. The van der Waals surface area contributed by atoms with Gasteiger partial charge in [0.2, 0.25) is 5.91 Å². The Labute approximate surface area is 176 Å². The second-order valence-corrected chi connectivity index (χ2v) is 11.5. The molecule has 1 amide bonds. The average molecular weight is 434 g/mol. The van der Waals surface area contributed by atoms with Crippen molar-refractivity contribution in [2.75, 3.05) is 0 Å². The van der Waals surface area contributed by atoms with Gasteiger partial charge in [-0.3, -0.25) is 4.79 Å². The van der Waals surface area contributed by atoms with Gasteiger partial charge in [0.05, 0.1) is 12.0 Å². The minimum Gasteiger partial charge on any atom is -0.385 e. The van der Waals surface area contributed by atoms with E-state index >= 15 is 0 Å². The fourth-order valence-corrected chi connectivity index (χ4v) is 6.58. The third-order valence-electron chi connectivity index (χ3n) is 6.13. The molecule has 29 heavy (non-hydrogen) atoms. The summed E-state index contributed by atoms with van der Waals surface area (Å²) >= 11 is 1.04. The lowest BCUT2D eigenvalue weighted by molar-refractivity contribution is -0.118. The van der Waals surface area contributed by atoms with Gasteiger partial charge in [-0.05, 0) is 76.8 Å². The fourth-order valence-electron chi connectivity index (χ4n) is 4.32. The van der Waals surface area contributed by atoms with Crippen LogP contribution in [0.3, 0.4) is 0 Å². The fraction of sp³-hybridized carbons (Fsp3) is 0.500. The SMILES string of the molecule is CC(C)c1ccc2c(c1CC(=O)NS(=O)(=O)c1cc(C3(O)CC3)cs1)C(C)CC2. The van der Waals surface area contributed by atoms with Crippen LogP contribution in [0.2, 0.25) is 0 Å². The van der Waals surface area contributed by atoms with Crippen molar-refractivity contribution in [3.8, 4) is 0 Å². The first kappa shape index (κ1) is 20.6. The van der Waals surface area contributed by atoms with E-state index in [2.05, 4.69) is 37.6 Å². The smallest absolute Gasteiger partial charge is 0.273 e. The second kappa shape index (κ2) is 7.22. The van der Waals surface area contributed by atoms with Crippen LogP contribution in [0.25, 0.3) is 0 Å². The number of aryl methyl sites for hydroxylation is 1. The molecule has 7 heteroatoms. The summed E-state index contributed by atoms with van der Waals surface area (Å²) < 4.78 is 27.7. The monoisotopic (exact) mass is 433 g/mol. The zero-order chi connectivity index (χ0) is 21.0. The molecule has 2 aliphatic rings. The molecule has 2 N–H and O–H groups in total. The summed E-state index contributed by atoms with van der Waals surface area (Å²) in [5.41, 5.74) is 4.31. The number of thiophene rings is 1. The number of rotatable bonds is 6. The maximum Gasteiger partial charge on any atom is 0.273 e. The summed E-state index contributed by atoms with van der Waals surface area (Å²) in [6.45, 7) is 6.36. The molecule has 0 radical (unpaired) electrons. The Kier molecular flexibility index (Phi) is 5.12. The molecule has 2 aliphatic carbocycles. The Morgan fingerprint density at radius 1 is 1.34 bits per heavy atom. The molecule has 1 aromatic heterocycles. The van der Waals surface area contributed by atoms with E-state index < -0.39 is 21.5 Å². The van der Waals surface area contributed by atoms with Gasteiger partial charge in [-0.25, -0.2) is 13.1 Å². The quantitative estimate of drug-likeness (QED) is 0.723. The van der Waals surface area contributed by atoms with Crippen LogP contribution in [0.1, 0.15) is 79.7 Å². The first-order valence-corrected chi connectivity index (χ1v) is 12.5. The van der Waals surface area contributed by atoms with Crippen LogP contribution < -0.4 is 4.72 Å². The standard InChI is InChI=1S/C22H27NO4S2/c1-13(2)17-7-6-15-5-4-14(3)21(15)18(17)11-19(24)23-29(26,27)20-10-16(12-28-20)22(25)8-9-22/h6-7,10,12-14,25H,4-5,8-9,11H2,1-3H3,(H,23,24). The van der Waals surface area contributed by atoms with E-state index in [0.717, 1.165) is 35.3 Å². The highest BCUT2D eigenvalue weighted by Gasteiger charge is 2.43. The molecule has 1 heterocycles. The predicted molar refractivity (Wildman–Crippen MR) is 114 cm³/mol. The molecule has 1 aromatic carbocycles. The first-order valence-electron chi connectivity index (χ1n) is 10.1. The van der Waals surface area contributed by atoms with Crippen LogP contribution >= 0.6 is 11.3 Å². The number of aliphatic hydroxyl groups is 1. The summed E-state index contributed by atoms with van der Waals surface area (Å²) in [6, 6.07) is 5.72. The molecule has 1 fully saturated rings. The van der Waals surface area contributed by atoms with E-state index in [1.54, 1.807) is 5.38 Å². The highest BCUT2D eigenvalue weighted by atomic mass is 32.2. The van der Waals surface area contributed by atoms with E-state index in [4.69, 9.17) is 0 Å². The lowest BCUT2D eigenvalue weighted by atomic mass is 9.87. The maximum absolute atomic E-state index is 12.8. The van der Waals surface area contributed by atoms with Gasteiger partial charge >= 0.3 is 0 Å². The minimum absolute atomic E-state index is 0.0580. The molecular weight excluding hydrogens is 406 g/mol. The van der Waals surface area contributed by atoms with E-state index in [0.29, 0.717) is 24.3 Å². The summed E-state index contributed by atoms with van der Waals surface area (Å²) in [4.78, 5) is 12.8. The third kappa shape index (κ3) is 3.88. The highest BCUT2D eigenvalue weighted by molar-refractivity contribution is 7.92. The molecule has 0 spiro atoms. The van der Waals surface area contributed by atoms with Crippen molar-refractivity contribution in [2.24, 2.45) is 0 Å². The van der Waals surface area contributed by atoms with Gasteiger partial charge < -0.3 is 5.11 Å². The third-order valence-corrected chi connectivity index (χ3v) is 8.94. The van der Waals surface area contributed by atoms with Crippen molar-refractivity contribution in [3.05, 3.63) is 51.4 Å². The number of hydrogen-bond donors (Lipinski definition) is 2. The van der Waals surface area contributed by atoms with Gasteiger partial charge in [-0.1, -0.05) is 32.9 Å². The molecule has 2 aromatic rings. The van der Waals surface area contributed by atoms with Gasteiger partial charge in [0, 0.05) is 0 Å². The summed E-state index contributed by atoms with van der Waals surface area (Å²) in [7, 11) is -3.94. The Morgan fingerprint density at radius 3 is 2.72 bits per heavy atom. The lowest BCUT2D eigenvalue weighted by Crippen LogP contribution is -2.32. The number of amides is 1. The van der Waals surface area contributed by atoms with Gasteiger partial charge in [-0.2, -0.15) is 0 Å². The number of benzene rings is 1. The second-order valence-electron chi connectivity index (χ2n) is 8.69.